The number of hydrogen-bond acceptors (Lipinski definition) is 6. The minimum Gasteiger partial charge on any atom is -0.622 e. The highest BCUT2D eigenvalue weighted by Crippen LogP contribution is 2.36. The van der Waals surface area contributed by atoms with Crippen LogP contribution in [0.15, 0.2) is 21.7 Å². The van der Waals surface area contributed by atoms with Crippen LogP contribution in [-0.2, 0) is 0 Å². The minimum atomic E-state index is -1.53. The number of rotatable bonds is 3. The molecule has 4 N–H and O–H groups in total. The van der Waals surface area contributed by atoms with Crippen LogP contribution in [0.2, 0.25) is 0 Å². The predicted molar refractivity (Wildman–Crippen MR) is 83.1 cm³/mol. The summed E-state index contributed by atoms with van der Waals surface area (Å²) in [5, 5.41) is 28.2. The number of nitrogens with zero attached hydrogens (tertiary/aromatic N) is 3. The van der Waals surface area contributed by atoms with E-state index in [2.05, 4.69) is 10.5 Å². The van der Waals surface area contributed by atoms with Crippen LogP contribution in [0.25, 0.3) is 0 Å². The van der Waals surface area contributed by atoms with Gasteiger partial charge in [-0.2, -0.15) is 9.84 Å². The molecular weight excluding hydrogens is 302 g/mol. The summed E-state index contributed by atoms with van der Waals surface area (Å²) in [6.07, 6.45) is 0. The molecule has 0 aliphatic carbocycles. The fourth-order valence-corrected chi connectivity index (χ4v) is 2.71. The van der Waals surface area contributed by atoms with Gasteiger partial charge in [-0.1, -0.05) is 0 Å². The second-order valence-corrected chi connectivity index (χ2v) is 6.12. The SMILES string of the molecule is C/C(=N/NC(N)=O)[C@@]1(C)N(O)C(C)(C)C(c2ccc(C)o2)=[N+]1[O-]. The maximum Gasteiger partial charge on any atom is 0.332 e. The maximum atomic E-state index is 12.9. The van der Waals surface area contributed by atoms with Crippen molar-refractivity contribution in [2.24, 2.45) is 10.8 Å². The van der Waals surface area contributed by atoms with Crippen LogP contribution in [0.5, 0.6) is 0 Å². The monoisotopic (exact) mass is 323 g/mol. The third kappa shape index (κ3) is 2.47. The van der Waals surface area contributed by atoms with Gasteiger partial charge >= 0.3 is 6.03 Å². The number of amides is 2. The molecule has 1 aromatic heterocycles. The number of urea groups is 1. The number of aryl methyl sites for hydroxylation is 1. The summed E-state index contributed by atoms with van der Waals surface area (Å²) in [4.78, 5) is 10.8. The minimum absolute atomic E-state index is 0.167. The number of nitrogens with one attached hydrogen (secondary N) is 1. The lowest BCUT2D eigenvalue weighted by Gasteiger charge is -2.32. The van der Waals surface area contributed by atoms with Gasteiger partial charge in [0.2, 0.25) is 0 Å². The van der Waals surface area contributed by atoms with Gasteiger partial charge in [-0.3, -0.25) is 0 Å². The Bertz CT molecular complexity index is 706. The van der Waals surface area contributed by atoms with E-state index in [1.54, 1.807) is 32.9 Å². The first kappa shape index (κ1) is 17.0. The molecule has 0 unspecified atom stereocenters. The standard InChI is InChI=1S/C14H21N5O4/c1-8-6-7-10(23-8)11-13(3,4)19(22)14(5,18(11)21)9(2)16-17-12(15)20/h6-7,22H,1-5H3,(H3,15,17,20)/b16-9-/t14-/m1/s1. The Morgan fingerprint density at radius 3 is 2.57 bits per heavy atom. The summed E-state index contributed by atoms with van der Waals surface area (Å²) in [5.41, 5.74) is 4.90. The van der Waals surface area contributed by atoms with Gasteiger partial charge in [-0.25, -0.2) is 10.2 Å². The summed E-state index contributed by atoms with van der Waals surface area (Å²) in [5.74, 6) is 1.01. The number of furan rings is 1. The number of primary amides is 1. The van der Waals surface area contributed by atoms with Crippen LogP contribution in [0.4, 0.5) is 4.79 Å². The molecule has 0 radical (unpaired) electrons. The topological polar surface area (TPSA) is 130 Å². The van der Waals surface area contributed by atoms with E-state index < -0.39 is 17.2 Å². The molecule has 0 spiro atoms. The first-order valence-corrected chi connectivity index (χ1v) is 7.04. The van der Waals surface area contributed by atoms with Gasteiger partial charge in [0.15, 0.2) is 5.76 Å². The first-order valence-electron chi connectivity index (χ1n) is 7.04. The Morgan fingerprint density at radius 1 is 1.48 bits per heavy atom. The Hall–Kier alpha value is -2.39. The quantitative estimate of drug-likeness (QED) is 0.332. The fraction of sp³-hybridized carbons (Fsp3) is 0.500. The van der Waals surface area contributed by atoms with E-state index in [9.17, 15) is 15.2 Å². The van der Waals surface area contributed by atoms with Crippen LogP contribution in [0, 0.1) is 12.1 Å². The number of carbonyl (C=O) groups is 1. The molecule has 1 aliphatic rings. The van der Waals surface area contributed by atoms with Crippen molar-refractivity contribution in [1.29, 1.82) is 0 Å². The van der Waals surface area contributed by atoms with Crippen molar-refractivity contribution in [3.8, 4) is 0 Å². The van der Waals surface area contributed by atoms with Crippen LogP contribution >= 0.6 is 0 Å². The van der Waals surface area contributed by atoms with Crippen molar-refractivity contribution in [2.45, 2.75) is 45.8 Å². The molecule has 0 fully saturated rings. The van der Waals surface area contributed by atoms with Crippen molar-refractivity contribution >= 4 is 17.5 Å². The molecule has 0 bridgehead atoms. The van der Waals surface area contributed by atoms with Crippen molar-refractivity contribution in [3.05, 3.63) is 28.9 Å². The number of hydrazone groups is 1. The van der Waals surface area contributed by atoms with E-state index >= 15 is 0 Å². The fourth-order valence-electron chi connectivity index (χ4n) is 2.71. The molecule has 2 rings (SSSR count). The Labute approximate surface area is 133 Å². The molecule has 23 heavy (non-hydrogen) atoms. The molecule has 0 saturated heterocycles. The van der Waals surface area contributed by atoms with E-state index in [0.29, 0.717) is 16.3 Å². The maximum absolute atomic E-state index is 12.9. The molecule has 1 aromatic rings. The lowest BCUT2D eigenvalue weighted by Crippen LogP contribution is -2.57. The van der Waals surface area contributed by atoms with E-state index in [0.717, 1.165) is 5.06 Å². The van der Waals surface area contributed by atoms with Gasteiger partial charge in [-0.15, -0.1) is 5.06 Å². The number of hydrogen-bond donors (Lipinski definition) is 3. The van der Waals surface area contributed by atoms with Gasteiger partial charge in [0.25, 0.3) is 11.4 Å². The summed E-state index contributed by atoms with van der Waals surface area (Å²) in [6.45, 7) is 8.14. The van der Waals surface area contributed by atoms with Crippen molar-refractivity contribution in [1.82, 2.24) is 10.5 Å². The zero-order valence-corrected chi connectivity index (χ0v) is 13.7. The van der Waals surface area contributed by atoms with Crippen molar-refractivity contribution in [2.75, 3.05) is 0 Å². The Kier molecular flexibility index (Phi) is 3.95. The molecule has 126 valence electrons. The number of nitrogens with two attached hydrogens (primary N) is 1. The largest absolute Gasteiger partial charge is 0.622 e. The van der Waals surface area contributed by atoms with E-state index in [1.165, 1.54) is 13.8 Å². The predicted octanol–water partition coefficient (Wildman–Crippen LogP) is 1.13. The second-order valence-electron chi connectivity index (χ2n) is 6.12. The van der Waals surface area contributed by atoms with Crippen LogP contribution in [-0.4, -0.2) is 43.7 Å². The highest BCUT2D eigenvalue weighted by atomic mass is 16.6. The molecular formula is C14H21N5O4. The lowest BCUT2D eigenvalue weighted by atomic mass is 9.96. The molecule has 1 atom stereocenters. The number of carbonyl (C=O) groups excluding carboxylic acids is 1. The number of hydroxylamine groups is 3. The Balaban J connectivity index is 2.59. The van der Waals surface area contributed by atoms with Crippen molar-refractivity contribution < 1.29 is 19.2 Å². The molecule has 2 amide bonds. The second kappa shape index (κ2) is 5.36. The lowest BCUT2D eigenvalue weighted by molar-refractivity contribution is -0.560. The summed E-state index contributed by atoms with van der Waals surface area (Å²) < 4.78 is 6.18. The van der Waals surface area contributed by atoms with Crippen LogP contribution in [0.1, 0.15) is 39.2 Å². The molecule has 9 nitrogen and oxygen atoms in total. The molecule has 2 heterocycles. The summed E-state index contributed by atoms with van der Waals surface area (Å²) in [6, 6.07) is 2.54. The molecule has 1 aliphatic heterocycles. The highest BCUT2D eigenvalue weighted by molar-refractivity contribution is 6.05. The van der Waals surface area contributed by atoms with Gasteiger partial charge < -0.3 is 20.6 Å². The normalized spacial score (nSPS) is 25.0. The molecule has 0 aromatic carbocycles. The van der Waals surface area contributed by atoms with E-state index in [4.69, 9.17) is 10.2 Å². The zero-order valence-electron chi connectivity index (χ0n) is 13.7. The van der Waals surface area contributed by atoms with Gasteiger partial charge in [0, 0.05) is 6.92 Å². The summed E-state index contributed by atoms with van der Waals surface area (Å²) in [7, 11) is 0. The summed E-state index contributed by atoms with van der Waals surface area (Å²) >= 11 is 0. The highest BCUT2D eigenvalue weighted by Gasteiger charge is 2.62. The Morgan fingerprint density at radius 2 is 2.09 bits per heavy atom. The third-order valence-corrected chi connectivity index (χ3v) is 4.11. The first-order chi connectivity index (χ1) is 10.5. The molecule has 0 saturated carbocycles. The van der Waals surface area contributed by atoms with Gasteiger partial charge in [-0.05, 0) is 39.8 Å². The van der Waals surface area contributed by atoms with E-state index in [1.807, 2.05) is 0 Å². The van der Waals surface area contributed by atoms with E-state index in [-0.39, 0.29) is 11.4 Å². The molecule has 9 heteroatoms. The zero-order chi connectivity index (χ0) is 17.6. The van der Waals surface area contributed by atoms with Gasteiger partial charge in [0.05, 0.1) is 0 Å². The smallest absolute Gasteiger partial charge is 0.332 e. The van der Waals surface area contributed by atoms with Crippen molar-refractivity contribution in [3.63, 3.8) is 0 Å². The van der Waals surface area contributed by atoms with Crippen LogP contribution < -0.4 is 11.2 Å². The average molecular weight is 323 g/mol. The van der Waals surface area contributed by atoms with Gasteiger partial charge in [0.1, 0.15) is 17.0 Å². The third-order valence-electron chi connectivity index (χ3n) is 4.11. The average Bonchev–Trinajstić information content (AvgIpc) is 2.92. The van der Waals surface area contributed by atoms with Crippen LogP contribution in [0.3, 0.4) is 0 Å².